The molecule has 7 heteroatoms. The first-order chi connectivity index (χ1) is 7.78. The van der Waals surface area contributed by atoms with Crippen LogP contribution in [0, 0.1) is 5.82 Å². The summed E-state index contributed by atoms with van der Waals surface area (Å²) in [5.74, 6) is -1.35. The van der Waals surface area contributed by atoms with Crippen molar-refractivity contribution in [1.29, 1.82) is 0 Å². The van der Waals surface area contributed by atoms with Crippen LogP contribution in [-0.4, -0.2) is 31.4 Å². The molecule has 1 heterocycles. The summed E-state index contributed by atoms with van der Waals surface area (Å²) in [6.45, 7) is 0.000347. The van der Waals surface area contributed by atoms with E-state index in [1.807, 2.05) is 0 Å². The molecule has 0 saturated carbocycles. The standard InChI is InChI=1S/C10H9BrFNO3S/c1-17(15,16)5-13-4-8-7(10(13)14)2-6(11)3-9(8)12/h2-3H,4-5H2,1H3. The van der Waals surface area contributed by atoms with Gasteiger partial charge in [-0.3, -0.25) is 4.79 Å². The zero-order valence-electron chi connectivity index (χ0n) is 8.91. The number of fused-ring (bicyclic) bond motifs is 1. The highest BCUT2D eigenvalue weighted by molar-refractivity contribution is 9.10. The highest BCUT2D eigenvalue weighted by Crippen LogP contribution is 2.28. The summed E-state index contributed by atoms with van der Waals surface area (Å²) in [7, 11) is -3.31. The van der Waals surface area contributed by atoms with Gasteiger partial charge in [-0.05, 0) is 12.1 Å². The quantitative estimate of drug-likeness (QED) is 0.830. The maximum atomic E-state index is 13.6. The summed E-state index contributed by atoms with van der Waals surface area (Å²) in [5, 5.41) is 0. The lowest BCUT2D eigenvalue weighted by Gasteiger charge is -2.13. The fourth-order valence-corrected chi connectivity index (χ4v) is 2.98. The van der Waals surface area contributed by atoms with E-state index in [1.54, 1.807) is 0 Å². The average molecular weight is 322 g/mol. The van der Waals surface area contributed by atoms with E-state index in [0.717, 1.165) is 11.2 Å². The molecule has 17 heavy (non-hydrogen) atoms. The van der Waals surface area contributed by atoms with Gasteiger partial charge < -0.3 is 4.90 Å². The van der Waals surface area contributed by atoms with Crippen molar-refractivity contribution in [3.8, 4) is 0 Å². The lowest BCUT2D eigenvalue weighted by molar-refractivity contribution is 0.0804. The average Bonchev–Trinajstić information content (AvgIpc) is 2.43. The van der Waals surface area contributed by atoms with Crippen LogP contribution in [0.1, 0.15) is 15.9 Å². The number of sulfone groups is 1. The molecular weight excluding hydrogens is 313 g/mol. The molecule has 0 saturated heterocycles. The second-order valence-corrected chi connectivity index (χ2v) is 7.00. The SMILES string of the molecule is CS(=O)(=O)CN1Cc2c(F)cc(Br)cc2C1=O. The molecule has 0 atom stereocenters. The van der Waals surface area contributed by atoms with Crippen LogP contribution in [0.5, 0.6) is 0 Å². The van der Waals surface area contributed by atoms with E-state index in [-0.39, 0.29) is 17.7 Å². The first-order valence-corrected chi connectivity index (χ1v) is 7.58. The van der Waals surface area contributed by atoms with Crippen LogP contribution in [0.3, 0.4) is 0 Å². The van der Waals surface area contributed by atoms with Gasteiger partial charge in [0, 0.05) is 21.9 Å². The minimum atomic E-state index is -3.31. The third-order valence-corrected chi connectivity index (χ3v) is 3.66. The summed E-state index contributed by atoms with van der Waals surface area (Å²) in [5.41, 5.74) is 0.474. The monoisotopic (exact) mass is 321 g/mol. The van der Waals surface area contributed by atoms with Crippen molar-refractivity contribution in [2.24, 2.45) is 0 Å². The van der Waals surface area contributed by atoms with Gasteiger partial charge in [-0.1, -0.05) is 15.9 Å². The Morgan fingerprint density at radius 2 is 2.12 bits per heavy atom. The van der Waals surface area contributed by atoms with Crippen LogP contribution >= 0.6 is 15.9 Å². The van der Waals surface area contributed by atoms with Crippen molar-refractivity contribution in [2.75, 3.05) is 12.1 Å². The molecule has 0 aliphatic carbocycles. The van der Waals surface area contributed by atoms with Gasteiger partial charge in [0.25, 0.3) is 5.91 Å². The van der Waals surface area contributed by atoms with Crippen molar-refractivity contribution in [2.45, 2.75) is 6.54 Å². The number of rotatable bonds is 2. The molecule has 0 aromatic heterocycles. The molecule has 4 nitrogen and oxygen atoms in total. The van der Waals surface area contributed by atoms with Crippen LogP contribution in [0.25, 0.3) is 0 Å². The predicted molar refractivity (Wildman–Crippen MR) is 63.7 cm³/mol. The lowest BCUT2D eigenvalue weighted by Crippen LogP contribution is -2.29. The largest absolute Gasteiger partial charge is 0.320 e. The molecule has 0 radical (unpaired) electrons. The van der Waals surface area contributed by atoms with Gasteiger partial charge in [0.2, 0.25) is 0 Å². The molecular formula is C10H9BrFNO3S. The van der Waals surface area contributed by atoms with Gasteiger partial charge in [0.15, 0.2) is 9.84 Å². The number of carbonyl (C=O) groups excluding carboxylic acids is 1. The topological polar surface area (TPSA) is 54.5 Å². The Bertz CT molecular complexity index is 600. The van der Waals surface area contributed by atoms with Crippen molar-refractivity contribution >= 4 is 31.7 Å². The molecule has 1 aliphatic rings. The molecule has 92 valence electrons. The van der Waals surface area contributed by atoms with E-state index >= 15 is 0 Å². The summed E-state index contributed by atoms with van der Waals surface area (Å²) in [6, 6.07) is 2.76. The van der Waals surface area contributed by atoms with E-state index in [0.29, 0.717) is 4.47 Å². The van der Waals surface area contributed by atoms with Crippen molar-refractivity contribution < 1.29 is 17.6 Å². The summed E-state index contributed by atoms with van der Waals surface area (Å²) in [4.78, 5) is 13.0. The third-order valence-electron chi connectivity index (χ3n) is 2.42. The number of nitrogens with zero attached hydrogens (tertiary/aromatic N) is 1. The maximum Gasteiger partial charge on any atom is 0.255 e. The highest BCUT2D eigenvalue weighted by atomic mass is 79.9. The highest BCUT2D eigenvalue weighted by Gasteiger charge is 2.31. The number of carbonyl (C=O) groups is 1. The predicted octanol–water partition coefficient (Wildman–Crippen LogP) is 1.55. The van der Waals surface area contributed by atoms with Gasteiger partial charge in [-0.2, -0.15) is 0 Å². The number of hydrogen-bond donors (Lipinski definition) is 0. The van der Waals surface area contributed by atoms with E-state index in [2.05, 4.69) is 15.9 Å². The summed E-state index contributed by atoms with van der Waals surface area (Å²) in [6.07, 6.45) is 1.04. The number of amides is 1. The van der Waals surface area contributed by atoms with Crippen molar-refractivity contribution in [1.82, 2.24) is 4.90 Å². The number of benzene rings is 1. The van der Waals surface area contributed by atoms with Gasteiger partial charge in [0.05, 0.1) is 6.54 Å². The molecule has 0 bridgehead atoms. The van der Waals surface area contributed by atoms with E-state index in [9.17, 15) is 17.6 Å². The van der Waals surface area contributed by atoms with Crippen LogP contribution in [0.2, 0.25) is 0 Å². The first-order valence-electron chi connectivity index (χ1n) is 4.73. The van der Waals surface area contributed by atoms with Gasteiger partial charge in [-0.25, -0.2) is 12.8 Å². The number of halogens is 2. The minimum absolute atomic E-state index is 0.000347. The normalized spacial score (nSPS) is 15.2. The Morgan fingerprint density at radius 1 is 1.47 bits per heavy atom. The van der Waals surface area contributed by atoms with Crippen LogP contribution in [0.4, 0.5) is 4.39 Å². The molecule has 2 rings (SSSR count). The van der Waals surface area contributed by atoms with Gasteiger partial charge in [-0.15, -0.1) is 0 Å². The maximum absolute atomic E-state index is 13.6. The Morgan fingerprint density at radius 3 is 2.71 bits per heavy atom. The van der Waals surface area contributed by atoms with E-state index in [1.165, 1.54) is 12.1 Å². The molecule has 0 fully saturated rings. The Balaban J connectivity index is 2.39. The van der Waals surface area contributed by atoms with Crippen molar-refractivity contribution in [3.05, 3.63) is 33.5 Å². The molecule has 1 aliphatic heterocycles. The second-order valence-electron chi connectivity index (χ2n) is 3.97. The molecule has 0 spiro atoms. The van der Waals surface area contributed by atoms with Crippen LogP contribution in [0.15, 0.2) is 16.6 Å². The Kier molecular flexibility index (Phi) is 2.99. The van der Waals surface area contributed by atoms with Crippen LogP contribution in [-0.2, 0) is 16.4 Å². The zero-order valence-corrected chi connectivity index (χ0v) is 11.3. The molecule has 1 amide bonds. The molecule has 0 N–H and O–H groups in total. The fourth-order valence-electron chi connectivity index (χ4n) is 1.78. The zero-order chi connectivity index (χ0) is 12.8. The Labute approximate surface area is 106 Å². The third kappa shape index (κ3) is 2.50. The molecule has 0 unspecified atom stereocenters. The van der Waals surface area contributed by atoms with E-state index < -0.39 is 27.4 Å². The number of hydrogen-bond acceptors (Lipinski definition) is 3. The fraction of sp³-hybridized carbons (Fsp3) is 0.300. The second kappa shape index (κ2) is 4.06. The van der Waals surface area contributed by atoms with Crippen LogP contribution < -0.4 is 0 Å². The summed E-state index contributed by atoms with van der Waals surface area (Å²) < 4.78 is 36.3. The smallest absolute Gasteiger partial charge is 0.255 e. The Hall–Kier alpha value is -0.950. The molecule has 1 aromatic rings. The lowest BCUT2D eigenvalue weighted by atomic mass is 10.1. The summed E-state index contributed by atoms with van der Waals surface area (Å²) >= 11 is 3.10. The van der Waals surface area contributed by atoms with Crippen molar-refractivity contribution in [3.63, 3.8) is 0 Å². The minimum Gasteiger partial charge on any atom is -0.320 e. The van der Waals surface area contributed by atoms with Gasteiger partial charge in [0.1, 0.15) is 11.7 Å². The van der Waals surface area contributed by atoms with Gasteiger partial charge >= 0.3 is 0 Å². The van der Waals surface area contributed by atoms with E-state index in [4.69, 9.17) is 0 Å². The first kappa shape index (κ1) is 12.5. The molecule has 1 aromatic carbocycles.